The number of para-hydroxylation sites is 1. The standard InChI is InChI=1S/C21H25N5O2/c1-14-18(15(2)26-21(25-14)23-13-24-26)7-8-20(27)22-12-16-9-10-28-19-6-4-3-5-17(19)11-16/h3-6,13,16H,7-12H2,1-2H3,(H,22,27). The smallest absolute Gasteiger partial charge is 0.252 e. The molecule has 2 aromatic heterocycles. The lowest BCUT2D eigenvalue weighted by Gasteiger charge is -2.15. The van der Waals surface area contributed by atoms with Gasteiger partial charge < -0.3 is 10.1 Å². The number of hydrogen-bond donors (Lipinski definition) is 1. The summed E-state index contributed by atoms with van der Waals surface area (Å²) in [5.41, 5.74) is 4.18. The van der Waals surface area contributed by atoms with Crippen LogP contribution in [0.2, 0.25) is 0 Å². The van der Waals surface area contributed by atoms with Crippen molar-refractivity contribution in [2.75, 3.05) is 13.2 Å². The number of nitrogens with zero attached hydrogens (tertiary/aromatic N) is 4. The Bertz CT molecular complexity index is 998. The molecule has 3 aromatic rings. The number of hydrogen-bond acceptors (Lipinski definition) is 5. The van der Waals surface area contributed by atoms with Gasteiger partial charge in [0, 0.05) is 24.4 Å². The summed E-state index contributed by atoms with van der Waals surface area (Å²) in [6.07, 6.45) is 4.45. The Morgan fingerprint density at radius 3 is 3.07 bits per heavy atom. The highest BCUT2D eigenvalue weighted by Gasteiger charge is 2.18. The number of fused-ring (bicyclic) bond motifs is 2. The Hall–Kier alpha value is -2.96. The third-order valence-corrected chi connectivity index (χ3v) is 5.44. The van der Waals surface area contributed by atoms with Crippen LogP contribution in [0.25, 0.3) is 5.78 Å². The van der Waals surface area contributed by atoms with Crippen LogP contribution in [0.4, 0.5) is 0 Å². The fourth-order valence-corrected chi connectivity index (χ4v) is 3.84. The molecule has 1 aliphatic rings. The van der Waals surface area contributed by atoms with Crippen molar-refractivity contribution in [2.45, 2.75) is 39.5 Å². The molecule has 1 unspecified atom stereocenters. The summed E-state index contributed by atoms with van der Waals surface area (Å²) in [6.45, 7) is 5.32. The van der Waals surface area contributed by atoms with E-state index in [1.54, 1.807) is 4.52 Å². The topological polar surface area (TPSA) is 81.4 Å². The Morgan fingerprint density at radius 1 is 1.32 bits per heavy atom. The lowest BCUT2D eigenvalue weighted by atomic mass is 9.97. The molecule has 0 saturated carbocycles. The van der Waals surface area contributed by atoms with Gasteiger partial charge in [0.15, 0.2) is 0 Å². The first-order chi connectivity index (χ1) is 13.6. The summed E-state index contributed by atoms with van der Waals surface area (Å²) in [4.78, 5) is 21.0. The van der Waals surface area contributed by atoms with Gasteiger partial charge in [-0.25, -0.2) is 9.50 Å². The van der Waals surface area contributed by atoms with Crippen LogP contribution < -0.4 is 10.1 Å². The number of aromatic nitrogens is 4. The van der Waals surface area contributed by atoms with Crippen LogP contribution in [0.1, 0.15) is 35.4 Å². The van der Waals surface area contributed by atoms with E-state index in [-0.39, 0.29) is 5.91 Å². The second-order valence-corrected chi connectivity index (χ2v) is 7.35. The summed E-state index contributed by atoms with van der Waals surface area (Å²) in [5, 5.41) is 7.31. The van der Waals surface area contributed by atoms with Gasteiger partial charge in [0.1, 0.15) is 12.1 Å². The Kier molecular flexibility index (Phi) is 5.23. The van der Waals surface area contributed by atoms with Crippen molar-refractivity contribution in [3.63, 3.8) is 0 Å². The number of rotatable bonds is 5. The van der Waals surface area contributed by atoms with Crippen LogP contribution in [0.5, 0.6) is 5.75 Å². The molecular weight excluding hydrogens is 354 g/mol. The molecule has 28 heavy (non-hydrogen) atoms. The maximum atomic E-state index is 12.4. The van der Waals surface area contributed by atoms with Crippen molar-refractivity contribution >= 4 is 11.7 Å². The summed E-state index contributed by atoms with van der Waals surface area (Å²) in [5.74, 6) is 2.03. The summed E-state index contributed by atoms with van der Waals surface area (Å²) >= 11 is 0. The van der Waals surface area contributed by atoms with Crippen LogP contribution in [0.3, 0.4) is 0 Å². The highest BCUT2D eigenvalue weighted by Crippen LogP contribution is 2.26. The molecule has 1 aromatic carbocycles. The van der Waals surface area contributed by atoms with Crippen LogP contribution in [-0.2, 0) is 17.6 Å². The van der Waals surface area contributed by atoms with Crippen LogP contribution in [0.15, 0.2) is 30.6 Å². The second-order valence-electron chi connectivity index (χ2n) is 7.35. The molecule has 146 valence electrons. The number of carbonyl (C=O) groups excluding carboxylic acids is 1. The molecule has 0 fully saturated rings. The van der Waals surface area contributed by atoms with Gasteiger partial charge in [0.2, 0.25) is 5.91 Å². The predicted molar refractivity (Wildman–Crippen MR) is 105 cm³/mol. The molecule has 0 bridgehead atoms. The molecule has 1 N–H and O–H groups in total. The van der Waals surface area contributed by atoms with Crippen molar-refractivity contribution in [1.82, 2.24) is 24.9 Å². The van der Waals surface area contributed by atoms with Crippen molar-refractivity contribution in [1.29, 1.82) is 0 Å². The van der Waals surface area contributed by atoms with E-state index in [4.69, 9.17) is 4.74 Å². The molecule has 7 heteroatoms. The molecule has 1 aliphatic heterocycles. The molecule has 0 aliphatic carbocycles. The molecule has 3 heterocycles. The maximum absolute atomic E-state index is 12.4. The second kappa shape index (κ2) is 7.96. The molecule has 0 saturated heterocycles. The first-order valence-corrected chi connectivity index (χ1v) is 9.75. The van der Waals surface area contributed by atoms with E-state index in [0.717, 1.165) is 35.5 Å². The van der Waals surface area contributed by atoms with Gasteiger partial charge in [0.25, 0.3) is 5.78 Å². The van der Waals surface area contributed by atoms with Gasteiger partial charge in [-0.3, -0.25) is 4.79 Å². The van der Waals surface area contributed by atoms with E-state index < -0.39 is 0 Å². The zero-order valence-corrected chi connectivity index (χ0v) is 16.3. The van der Waals surface area contributed by atoms with Gasteiger partial charge in [-0.2, -0.15) is 10.1 Å². The Labute approximate surface area is 164 Å². The van der Waals surface area contributed by atoms with E-state index in [0.29, 0.717) is 37.7 Å². The molecule has 0 spiro atoms. The lowest BCUT2D eigenvalue weighted by Crippen LogP contribution is -2.30. The van der Waals surface area contributed by atoms with Gasteiger partial charge >= 0.3 is 0 Å². The number of carbonyl (C=O) groups is 1. The third-order valence-electron chi connectivity index (χ3n) is 5.44. The van der Waals surface area contributed by atoms with E-state index in [1.807, 2.05) is 32.0 Å². The van der Waals surface area contributed by atoms with E-state index >= 15 is 0 Å². The van der Waals surface area contributed by atoms with Gasteiger partial charge in [-0.1, -0.05) is 18.2 Å². The minimum absolute atomic E-state index is 0.0657. The number of benzene rings is 1. The molecule has 4 rings (SSSR count). The van der Waals surface area contributed by atoms with Crippen LogP contribution in [0, 0.1) is 19.8 Å². The summed E-state index contributed by atoms with van der Waals surface area (Å²) in [7, 11) is 0. The minimum Gasteiger partial charge on any atom is -0.493 e. The zero-order chi connectivity index (χ0) is 19.5. The normalized spacial score (nSPS) is 16.3. The Morgan fingerprint density at radius 2 is 2.18 bits per heavy atom. The van der Waals surface area contributed by atoms with Gasteiger partial charge in [0.05, 0.1) is 6.61 Å². The average Bonchev–Trinajstić information content (AvgIpc) is 3.05. The zero-order valence-electron chi connectivity index (χ0n) is 16.3. The highest BCUT2D eigenvalue weighted by molar-refractivity contribution is 5.76. The number of ether oxygens (including phenoxy) is 1. The molecule has 1 amide bonds. The largest absolute Gasteiger partial charge is 0.493 e. The lowest BCUT2D eigenvalue weighted by molar-refractivity contribution is -0.121. The van der Waals surface area contributed by atoms with Crippen molar-refractivity contribution in [3.8, 4) is 5.75 Å². The van der Waals surface area contributed by atoms with Crippen molar-refractivity contribution in [3.05, 3.63) is 53.1 Å². The summed E-state index contributed by atoms with van der Waals surface area (Å²) < 4.78 is 7.54. The highest BCUT2D eigenvalue weighted by atomic mass is 16.5. The fourth-order valence-electron chi connectivity index (χ4n) is 3.84. The Balaban J connectivity index is 1.33. The maximum Gasteiger partial charge on any atom is 0.252 e. The third kappa shape index (κ3) is 3.83. The number of aryl methyl sites for hydroxylation is 2. The van der Waals surface area contributed by atoms with Crippen molar-refractivity contribution < 1.29 is 9.53 Å². The predicted octanol–water partition coefficient (Wildman–Crippen LogP) is 2.43. The summed E-state index contributed by atoms with van der Waals surface area (Å²) in [6, 6.07) is 8.15. The molecule has 1 atom stereocenters. The first-order valence-electron chi connectivity index (χ1n) is 9.75. The van der Waals surface area contributed by atoms with E-state index in [9.17, 15) is 4.79 Å². The van der Waals surface area contributed by atoms with Gasteiger partial charge in [-0.15, -0.1) is 0 Å². The van der Waals surface area contributed by atoms with E-state index in [1.165, 1.54) is 11.9 Å². The minimum atomic E-state index is 0.0657. The van der Waals surface area contributed by atoms with Crippen LogP contribution in [-0.4, -0.2) is 38.6 Å². The first kappa shape index (κ1) is 18.4. The van der Waals surface area contributed by atoms with Crippen LogP contribution >= 0.6 is 0 Å². The molecule has 0 radical (unpaired) electrons. The fraction of sp³-hybridized carbons (Fsp3) is 0.429. The molecular formula is C21H25N5O2. The molecule has 7 nitrogen and oxygen atoms in total. The van der Waals surface area contributed by atoms with Crippen molar-refractivity contribution in [2.24, 2.45) is 5.92 Å². The number of amides is 1. The number of nitrogens with one attached hydrogen (secondary N) is 1. The monoisotopic (exact) mass is 379 g/mol. The quantitative estimate of drug-likeness (QED) is 0.736. The van der Waals surface area contributed by atoms with Gasteiger partial charge in [-0.05, 0) is 56.2 Å². The van der Waals surface area contributed by atoms with E-state index in [2.05, 4.69) is 26.4 Å². The average molecular weight is 379 g/mol. The SMILES string of the molecule is Cc1nc2ncnn2c(C)c1CCC(=O)NCC1CCOc2ccccc2C1.